The van der Waals surface area contributed by atoms with Crippen molar-refractivity contribution in [2.75, 3.05) is 17.7 Å². The minimum Gasteiger partial charge on any atom is -0.494 e. The Kier molecular flexibility index (Phi) is 7.09. The molecule has 0 bridgehead atoms. The van der Waals surface area contributed by atoms with Crippen LogP contribution in [0.5, 0.6) is 11.5 Å². The van der Waals surface area contributed by atoms with Gasteiger partial charge in [-0.1, -0.05) is 17.8 Å². The molecule has 8 heteroatoms. The molecule has 0 radical (unpaired) electrons. The number of fused-ring (bicyclic) bond motifs is 1. The maximum atomic E-state index is 12.2. The number of nitrogens with one attached hydrogen (secondary N) is 1. The van der Waals surface area contributed by atoms with Gasteiger partial charge in [-0.05, 0) is 80.1 Å². The molecule has 4 rings (SSSR count). The number of thioether (sulfide) groups is 1. The number of nitrogens with zero attached hydrogens (tertiary/aromatic N) is 2. The molecule has 2 aromatic carbocycles. The van der Waals surface area contributed by atoms with Gasteiger partial charge >= 0.3 is 0 Å². The van der Waals surface area contributed by atoms with Gasteiger partial charge in [0.1, 0.15) is 11.5 Å². The van der Waals surface area contributed by atoms with Gasteiger partial charge in [-0.2, -0.15) is 0 Å². The number of hydrogen-bond acceptors (Lipinski definition) is 7. The van der Waals surface area contributed by atoms with Crippen molar-refractivity contribution in [2.45, 2.75) is 44.4 Å². The van der Waals surface area contributed by atoms with Crippen LogP contribution in [-0.4, -0.2) is 28.5 Å². The summed E-state index contributed by atoms with van der Waals surface area (Å²) in [6, 6.07) is 13.5. The van der Waals surface area contributed by atoms with Gasteiger partial charge < -0.3 is 19.2 Å². The number of carbonyl (C=O) groups excluding carboxylic acids is 1. The quantitative estimate of drug-likeness (QED) is 0.485. The third kappa shape index (κ3) is 6.01. The maximum absolute atomic E-state index is 12.2. The Balaban J connectivity index is 1.23. The van der Waals surface area contributed by atoms with Gasteiger partial charge in [0.15, 0.2) is 6.61 Å². The summed E-state index contributed by atoms with van der Waals surface area (Å²) in [4.78, 5) is 12.2. The summed E-state index contributed by atoms with van der Waals surface area (Å²) in [5.41, 5.74) is 3.49. The number of ether oxygens (including phenoxy) is 2. The molecule has 0 fully saturated rings. The molecule has 0 aliphatic heterocycles. The van der Waals surface area contributed by atoms with Crippen molar-refractivity contribution >= 4 is 23.4 Å². The highest BCUT2D eigenvalue weighted by Crippen LogP contribution is 2.26. The SMILES string of the molecule is CCOc1ccc(NC(=O)CSc2nnc(COc3ccc4c(c3)CCCC4)o2)cc1. The summed E-state index contributed by atoms with van der Waals surface area (Å²) in [5, 5.41) is 11.1. The van der Waals surface area contributed by atoms with Gasteiger partial charge in [-0.25, -0.2) is 0 Å². The second-order valence-electron chi connectivity index (χ2n) is 7.18. The number of amides is 1. The Bertz CT molecular complexity index is 1020. The van der Waals surface area contributed by atoms with Crippen LogP contribution in [0, 0.1) is 0 Å². The van der Waals surface area contributed by atoms with Gasteiger partial charge in [-0.15, -0.1) is 10.2 Å². The summed E-state index contributed by atoms with van der Waals surface area (Å²) < 4.78 is 16.8. The van der Waals surface area contributed by atoms with Crippen LogP contribution in [0.2, 0.25) is 0 Å². The second-order valence-corrected chi connectivity index (χ2v) is 8.11. The summed E-state index contributed by atoms with van der Waals surface area (Å²) in [7, 11) is 0. The fourth-order valence-electron chi connectivity index (χ4n) is 3.43. The largest absolute Gasteiger partial charge is 0.494 e. The van der Waals surface area contributed by atoms with E-state index >= 15 is 0 Å². The Morgan fingerprint density at radius 1 is 1.03 bits per heavy atom. The van der Waals surface area contributed by atoms with Crippen LogP contribution in [0.25, 0.3) is 0 Å². The number of carbonyl (C=O) groups is 1. The zero-order valence-corrected chi connectivity index (χ0v) is 18.2. The van der Waals surface area contributed by atoms with Crippen molar-refractivity contribution in [1.29, 1.82) is 0 Å². The van der Waals surface area contributed by atoms with Gasteiger partial charge in [0.2, 0.25) is 5.91 Å². The van der Waals surface area contributed by atoms with E-state index in [1.165, 1.54) is 35.7 Å². The zero-order valence-electron chi connectivity index (χ0n) is 17.4. The van der Waals surface area contributed by atoms with E-state index in [0.29, 0.717) is 23.4 Å². The van der Waals surface area contributed by atoms with E-state index in [0.717, 1.165) is 24.3 Å². The molecule has 1 aliphatic rings. The Morgan fingerprint density at radius 2 is 1.81 bits per heavy atom. The normalized spacial score (nSPS) is 12.8. The van der Waals surface area contributed by atoms with Gasteiger partial charge in [0.05, 0.1) is 12.4 Å². The Labute approximate surface area is 185 Å². The standard InChI is InChI=1S/C23H25N3O4S/c1-2-28-19-11-8-18(9-12-19)24-21(27)15-31-23-26-25-22(30-23)14-29-20-10-7-16-5-3-4-6-17(16)13-20/h7-13H,2-6,14-15H2,1H3,(H,24,27). The zero-order chi connectivity index (χ0) is 21.5. The molecule has 1 amide bonds. The lowest BCUT2D eigenvalue weighted by atomic mass is 9.92. The summed E-state index contributed by atoms with van der Waals surface area (Å²) in [6.07, 6.45) is 4.74. The predicted molar refractivity (Wildman–Crippen MR) is 119 cm³/mol. The molecule has 1 aromatic heterocycles. The molecule has 31 heavy (non-hydrogen) atoms. The number of hydrogen-bond donors (Lipinski definition) is 1. The first-order chi connectivity index (χ1) is 15.2. The highest BCUT2D eigenvalue weighted by atomic mass is 32.2. The minimum absolute atomic E-state index is 0.154. The molecule has 0 unspecified atom stereocenters. The highest BCUT2D eigenvalue weighted by Gasteiger charge is 2.13. The van der Waals surface area contributed by atoms with Crippen molar-refractivity contribution in [1.82, 2.24) is 10.2 Å². The van der Waals surface area contributed by atoms with E-state index < -0.39 is 0 Å². The highest BCUT2D eigenvalue weighted by molar-refractivity contribution is 7.99. The number of aromatic nitrogens is 2. The molecule has 0 spiro atoms. The number of aryl methyl sites for hydroxylation is 2. The van der Waals surface area contributed by atoms with Crippen LogP contribution in [-0.2, 0) is 24.2 Å². The monoisotopic (exact) mass is 439 g/mol. The fraction of sp³-hybridized carbons (Fsp3) is 0.348. The summed E-state index contributed by atoms with van der Waals surface area (Å²) >= 11 is 1.19. The number of rotatable bonds is 9. The summed E-state index contributed by atoms with van der Waals surface area (Å²) in [5.74, 6) is 1.97. The average Bonchev–Trinajstić information content (AvgIpc) is 3.26. The average molecular weight is 440 g/mol. The first-order valence-corrected chi connectivity index (χ1v) is 11.4. The molecule has 3 aromatic rings. The molecular weight excluding hydrogens is 414 g/mol. The molecular formula is C23H25N3O4S. The third-order valence-electron chi connectivity index (χ3n) is 4.91. The smallest absolute Gasteiger partial charge is 0.277 e. The van der Waals surface area contributed by atoms with E-state index in [1.54, 1.807) is 12.1 Å². The molecule has 1 heterocycles. The van der Waals surface area contributed by atoms with Gasteiger partial charge in [0.25, 0.3) is 11.1 Å². The molecule has 162 valence electrons. The second kappa shape index (κ2) is 10.3. The van der Waals surface area contributed by atoms with Crippen LogP contribution in [0.15, 0.2) is 52.1 Å². The van der Waals surface area contributed by atoms with E-state index in [9.17, 15) is 4.79 Å². The first-order valence-electron chi connectivity index (χ1n) is 10.4. The predicted octanol–water partition coefficient (Wildman–Crippen LogP) is 4.66. The lowest BCUT2D eigenvalue weighted by Crippen LogP contribution is -2.13. The molecule has 0 atom stereocenters. The van der Waals surface area contributed by atoms with Crippen LogP contribution >= 0.6 is 11.8 Å². The fourth-order valence-corrected chi connectivity index (χ4v) is 4.01. The Hall–Kier alpha value is -3.00. The van der Waals surface area contributed by atoms with Crippen LogP contribution < -0.4 is 14.8 Å². The molecule has 0 saturated carbocycles. The Morgan fingerprint density at radius 3 is 2.61 bits per heavy atom. The molecule has 1 N–H and O–H groups in total. The van der Waals surface area contributed by atoms with Crippen LogP contribution in [0.4, 0.5) is 5.69 Å². The van der Waals surface area contributed by atoms with Gasteiger partial charge in [0, 0.05) is 5.69 Å². The van der Waals surface area contributed by atoms with Crippen molar-refractivity contribution in [3.63, 3.8) is 0 Å². The number of benzene rings is 2. The van der Waals surface area contributed by atoms with Crippen LogP contribution in [0.3, 0.4) is 0 Å². The van der Waals surface area contributed by atoms with Crippen molar-refractivity contribution < 1.29 is 18.7 Å². The van der Waals surface area contributed by atoms with E-state index in [-0.39, 0.29) is 18.3 Å². The molecule has 0 saturated heterocycles. The molecule has 1 aliphatic carbocycles. The van der Waals surface area contributed by atoms with E-state index in [2.05, 4.69) is 27.6 Å². The van der Waals surface area contributed by atoms with Crippen LogP contribution in [0.1, 0.15) is 36.8 Å². The molecule has 7 nitrogen and oxygen atoms in total. The summed E-state index contributed by atoms with van der Waals surface area (Å²) in [6.45, 7) is 2.73. The lowest BCUT2D eigenvalue weighted by Gasteiger charge is -2.16. The van der Waals surface area contributed by atoms with Gasteiger partial charge in [-0.3, -0.25) is 4.79 Å². The van der Waals surface area contributed by atoms with E-state index in [1.807, 2.05) is 25.1 Å². The van der Waals surface area contributed by atoms with Crippen molar-refractivity contribution in [3.8, 4) is 11.5 Å². The number of anilines is 1. The third-order valence-corrected chi connectivity index (χ3v) is 5.72. The lowest BCUT2D eigenvalue weighted by molar-refractivity contribution is -0.113. The minimum atomic E-state index is -0.154. The first kappa shape index (κ1) is 21.2. The van der Waals surface area contributed by atoms with Crippen molar-refractivity contribution in [3.05, 3.63) is 59.5 Å². The maximum Gasteiger partial charge on any atom is 0.277 e. The van der Waals surface area contributed by atoms with E-state index in [4.69, 9.17) is 13.9 Å². The van der Waals surface area contributed by atoms with Crippen molar-refractivity contribution in [2.24, 2.45) is 0 Å². The topological polar surface area (TPSA) is 86.5 Å².